The maximum Gasteiger partial charge on any atom is 0.317 e. The number of hydrogen-bond acceptors (Lipinski definition) is 5. The number of nitrogens with zero attached hydrogens (tertiary/aromatic N) is 4. The fourth-order valence-electron chi connectivity index (χ4n) is 3.84. The molecule has 1 N–H and O–H groups in total. The molecule has 1 aliphatic rings. The molecule has 0 aliphatic carbocycles. The number of benzene rings is 2. The number of nitrogens with one attached hydrogen (secondary N) is 1. The molecule has 178 valence electrons. The van der Waals surface area contributed by atoms with Crippen LogP contribution in [0.3, 0.4) is 0 Å². The van der Waals surface area contributed by atoms with Crippen LogP contribution in [0.25, 0.3) is 11.5 Å². The molecule has 3 aromatic rings. The van der Waals surface area contributed by atoms with Crippen LogP contribution in [0.15, 0.2) is 53.1 Å². The summed E-state index contributed by atoms with van der Waals surface area (Å²) in [4.78, 5) is 32.7. The van der Waals surface area contributed by atoms with Gasteiger partial charge < -0.3 is 19.6 Å². The zero-order chi connectivity index (χ0) is 23.9. The van der Waals surface area contributed by atoms with Crippen LogP contribution in [0.4, 0.5) is 9.18 Å². The van der Waals surface area contributed by atoms with E-state index in [0.29, 0.717) is 35.8 Å². The summed E-state index contributed by atoms with van der Waals surface area (Å²) in [5.74, 6) is 0.561. The average molecular weight is 466 g/mol. The molecule has 0 unspecified atom stereocenters. The van der Waals surface area contributed by atoms with Gasteiger partial charge in [-0.3, -0.25) is 4.79 Å². The Hall–Kier alpha value is -3.75. The summed E-state index contributed by atoms with van der Waals surface area (Å²) in [5, 5.41) is 6.75. The fraction of sp³-hybridized carbons (Fsp3) is 0.360. The smallest absolute Gasteiger partial charge is 0.317 e. The van der Waals surface area contributed by atoms with Crippen molar-refractivity contribution in [2.24, 2.45) is 0 Å². The normalized spacial score (nSPS) is 13.5. The second kappa shape index (κ2) is 10.9. The van der Waals surface area contributed by atoms with Gasteiger partial charge in [-0.25, -0.2) is 9.18 Å². The molecule has 3 amide bonds. The summed E-state index contributed by atoms with van der Waals surface area (Å²) in [7, 11) is 1.67. The second-order valence-electron chi connectivity index (χ2n) is 8.41. The number of urea groups is 1. The van der Waals surface area contributed by atoms with E-state index in [9.17, 15) is 14.0 Å². The predicted octanol–water partition coefficient (Wildman–Crippen LogP) is 3.89. The molecular formula is C25H28FN5O3. The highest BCUT2D eigenvalue weighted by atomic mass is 19.1. The predicted molar refractivity (Wildman–Crippen MR) is 124 cm³/mol. The molecular weight excluding hydrogens is 437 g/mol. The lowest BCUT2D eigenvalue weighted by molar-refractivity contribution is 0.0724. The molecule has 2 heterocycles. The minimum absolute atomic E-state index is 0.0520. The first-order valence-corrected chi connectivity index (χ1v) is 11.5. The number of piperidine rings is 1. The average Bonchev–Trinajstić information content (AvgIpc) is 3.35. The number of hydrogen-bond donors (Lipinski definition) is 1. The molecule has 1 saturated heterocycles. The van der Waals surface area contributed by atoms with E-state index in [-0.39, 0.29) is 24.3 Å². The van der Waals surface area contributed by atoms with Crippen molar-refractivity contribution in [2.75, 3.05) is 26.7 Å². The monoisotopic (exact) mass is 465 g/mol. The molecule has 1 aliphatic heterocycles. The first-order valence-electron chi connectivity index (χ1n) is 11.5. The Labute approximate surface area is 197 Å². The third-order valence-corrected chi connectivity index (χ3v) is 5.84. The van der Waals surface area contributed by atoms with Gasteiger partial charge in [0.1, 0.15) is 5.82 Å². The number of aromatic nitrogens is 2. The van der Waals surface area contributed by atoms with E-state index >= 15 is 0 Å². The van der Waals surface area contributed by atoms with Gasteiger partial charge in [0.15, 0.2) is 5.82 Å². The minimum atomic E-state index is -0.337. The zero-order valence-corrected chi connectivity index (χ0v) is 19.2. The van der Waals surface area contributed by atoms with Gasteiger partial charge in [0.25, 0.3) is 11.8 Å². The van der Waals surface area contributed by atoms with Gasteiger partial charge in [-0.05, 0) is 61.2 Å². The van der Waals surface area contributed by atoms with E-state index in [2.05, 4.69) is 15.5 Å². The largest absolute Gasteiger partial charge is 0.339 e. The lowest BCUT2D eigenvalue weighted by atomic mass is 10.1. The van der Waals surface area contributed by atoms with E-state index in [0.717, 1.165) is 31.5 Å². The van der Waals surface area contributed by atoms with E-state index in [1.807, 2.05) is 4.90 Å². The fourth-order valence-corrected chi connectivity index (χ4v) is 3.84. The van der Waals surface area contributed by atoms with Crippen LogP contribution in [-0.4, -0.2) is 58.6 Å². The van der Waals surface area contributed by atoms with Crippen molar-refractivity contribution in [1.29, 1.82) is 0 Å². The Morgan fingerprint density at radius 2 is 1.88 bits per heavy atom. The Morgan fingerprint density at radius 1 is 1.12 bits per heavy atom. The van der Waals surface area contributed by atoms with E-state index in [1.54, 1.807) is 43.4 Å². The number of halogens is 1. The SMILES string of the molecule is CN(CCc1noc(-c2ccc(C(=O)N3CCCCC3)cc2)n1)C(=O)NCc1cccc(F)c1. The molecule has 1 fully saturated rings. The minimum Gasteiger partial charge on any atom is -0.339 e. The lowest BCUT2D eigenvalue weighted by Crippen LogP contribution is -2.38. The standard InChI is InChI=1S/C25H28FN5O3/c1-30(25(33)27-17-18-6-5-7-21(26)16-18)15-12-22-28-23(34-29-22)19-8-10-20(11-9-19)24(32)31-13-3-2-4-14-31/h5-11,16H,2-4,12-15,17H2,1H3,(H,27,33). The van der Waals surface area contributed by atoms with E-state index < -0.39 is 0 Å². The first-order chi connectivity index (χ1) is 16.5. The summed E-state index contributed by atoms with van der Waals surface area (Å²) in [6.45, 7) is 2.25. The summed E-state index contributed by atoms with van der Waals surface area (Å²) in [6.07, 6.45) is 3.70. The van der Waals surface area contributed by atoms with Crippen LogP contribution in [0, 0.1) is 5.82 Å². The molecule has 9 heteroatoms. The highest BCUT2D eigenvalue weighted by Gasteiger charge is 2.19. The number of rotatable bonds is 7. The van der Waals surface area contributed by atoms with Crippen molar-refractivity contribution in [3.63, 3.8) is 0 Å². The zero-order valence-electron chi connectivity index (χ0n) is 19.2. The summed E-state index contributed by atoms with van der Waals surface area (Å²) in [5.41, 5.74) is 2.07. The van der Waals surface area contributed by atoms with Crippen LogP contribution in [0.2, 0.25) is 0 Å². The summed E-state index contributed by atoms with van der Waals surface area (Å²) >= 11 is 0. The summed E-state index contributed by atoms with van der Waals surface area (Å²) in [6, 6.07) is 13.0. The highest BCUT2D eigenvalue weighted by molar-refractivity contribution is 5.94. The molecule has 0 saturated carbocycles. The van der Waals surface area contributed by atoms with Gasteiger partial charge in [-0.15, -0.1) is 0 Å². The molecule has 0 radical (unpaired) electrons. The molecule has 2 aromatic carbocycles. The summed E-state index contributed by atoms with van der Waals surface area (Å²) < 4.78 is 18.6. The van der Waals surface area contributed by atoms with Crippen molar-refractivity contribution in [1.82, 2.24) is 25.3 Å². The third-order valence-electron chi connectivity index (χ3n) is 5.84. The van der Waals surface area contributed by atoms with Gasteiger partial charge in [0, 0.05) is 50.8 Å². The van der Waals surface area contributed by atoms with Gasteiger partial charge in [-0.1, -0.05) is 17.3 Å². The Kier molecular flexibility index (Phi) is 7.51. The third kappa shape index (κ3) is 5.98. The number of likely N-dealkylation sites (tertiary alicyclic amines) is 1. The Balaban J connectivity index is 1.27. The van der Waals surface area contributed by atoms with E-state index in [1.165, 1.54) is 23.5 Å². The van der Waals surface area contributed by atoms with Gasteiger partial charge in [0.05, 0.1) is 0 Å². The van der Waals surface area contributed by atoms with Crippen molar-refractivity contribution >= 4 is 11.9 Å². The Morgan fingerprint density at radius 3 is 2.62 bits per heavy atom. The van der Waals surface area contributed by atoms with Crippen LogP contribution in [-0.2, 0) is 13.0 Å². The van der Waals surface area contributed by atoms with Crippen LogP contribution in [0.1, 0.15) is 41.0 Å². The number of carbonyl (C=O) groups is 2. The quantitative estimate of drug-likeness (QED) is 0.572. The van der Waals surface area contributed by atoms with Crippen molar-refractivity contribution < 1.29 is 18.5 Å². The molecule has 1 aromatic heterocycles. The molecule has 0 spiro atoms. The van der Waals surface area contributed by atoms with Crippen molar-refractivity contribution in [3.8, 4) is 11.5 Å². The van der Waals surface area contributed by atoms with Crippen molar-refractivity contribution in [3.05, 3.63) is 71.3 Å². The van der Waals surface area contributed by atoms with E-state index in [4.69, 9.17) is 4.52 Å². The topological polar surface area (TPSA) is 91.6 Å². The molecule has 0 bridgehead atoms. The molecule has 8 nitrogen and oxygen atoms in total. The maximum absolute atomic E-state index is 13.3. The Bertz CT molecular complexity index is 1130. The second-order valence-corrected chi connectivity index (χ2v) is 8.41. The lowest BCUT2D eigenvalue weighted by Gasteiger charge is -2.26. The first kappa shape index (κ1) is 23.4. The van der Waals surface area contributed by atoms with Crippen LogP contribution in [0.5, 0.6) is 0 Å². The van der Waals surface area contributed by atoms with Gasteiger partial charge in [-0.2, -0.15) is 4.98 Å². The van der Waals surface area contributed by atoms with Crippen LogP contribution >= 0.6 is 0 Å². The number of likely N-dealkylation sites (N-methyl/N-ethyl adjacent to an activating group) is 1. The van der Waals surface area contributed by atoms with Gasteiger partial charge in [0.2, 0.25) is 0 Å². The molecule has 34 heavy (non-hydrogen) atoms. The molecule has 4 rings (SSSR count). The van der Waals surface area contributed by atoms with Gasteiger partial charge >= 0.3 is 6.03 Å². The van der Waals surface area contributed by atoms with Crippen LogP contribution < -0.4 is 5.32 Å². The molecule has 0 atom stereocenters. The maximum atomic E-state index is 13.3. The van der Waals surface area contributed by atoms with Crippen molar-refractivity contribution in [2.45, 2.75) is 32.2 Å². The highest BCUT2D eigenvalue weighted by Crippen LogP contribution is 2.20. The number of amides is 3. The number of carbonyl (C=O) groups excluding carboxylic acids is 2.